The van der Waals surface area contributed by atoms with Gasteiger partial charge in [0.1, 0.15) is 5.82 Å². The molecule has 0 amide bonds. The third kappa shape index (κ3) is 7.52. The summed E-state index contributed by atoms with van der Waals surface area (Å²) in [7, 11) is 1.40. The molecular weight excluding hydrogens is 422 g/mol. The fourth-order valence-electron chi connectivity index (χ4n) is 3.63. The number of hydrogen-bond donors (Lipinski definition) is 2. The summed E-state index contributed by atoms with van der Waals surface area (Å²) in [5.74, 6) is 0.589. The first-order valence-corrected chi connectivity index (χ1v) is 11.3. The van der Waals surface area contributed by atoms with E-state index < -0.39 is 5.60 Å². The van der Waals surface area contributed by atoms with Gasteiger partial charge in [-0.15, -0.1) is 6.58 Å². The Morgan fingerprint density at radius 1 is 1.36 bits per heavy atom. The SMILES string of the molecule is C=CCOC1(C)CCN(c2c(CC(=O)OC)c(C)nc3cc(CN)nn23)CC1.CC(C)(C)O. The summed E-state index contributed by atoms with van der Waals surface area (Å²) in [4.78, 5) is 18.9. The third-order valence-electron chi connectivity index (χ3n) is 5.36. The maximum atomic E-state index is 12.0. The quantitative estimate of drug-likeness (QED) is 0.477. The van der Waals surface area contributed by atoms with Crippen molar-refractivity contribution in [2.24, 2.45) is 5.73 Å². The van der Waals surface area contributed by atoms with Crippen LogP contribution in [0.5, 0.6) is 0 Å². The highest BCUT2D eigenvalue weighted by Gasteiger charge is 2.33. The van der Waals surface area contributed by atoms with Crippen LogP contribution in [0, 0.1) is 6.92 Å². The number of methoxy groups -OCH3 is 1. The average molecular weight is 462 g/mol. The van der Waals surface area contributed by atoms with Gasteiger partial charge in [0.05, 0.1) is 37.0 Å². The molecule has 1 aliphatic heterocycles. The van der Waals surface area contributed by atoms with Gasteiger partial charge >= 0.3 is 5.97 Å². The number of esters is 1. The van der Waals surface area contributed by atoms with Crippen molar-refractivity contribution in [3.63, 3.8) is 0 Å². The molecule has 0 spiro atoms. The van der Waals surface area contributed by atoms with Crippen LogP contribution in [0.3, 0.4) is 0 Å². The zero-order valence-electron chi connectivity index (χ0n) is 20.8. The highest BCUT2D eigenvalue weighted by Crippen LogP contribution is 2.32. The molecule has 0 aromatic carbocycles. The number of nitrogens with two attached hydrogens (primary N) is 1. The molecule has 0 unspecified atom stereocenters. The second kappa shape index (κ2) is 11.1. The monoisotopic (exact) mass is 461 g/mol. The summed E-state index contributed by atoms with van der Waals surface area (Å²) in [6.07, 6.45) is 3.66. The summed E-state index contributed by atoms with van der Waals surface area (Å²) in [5.41, 5.74) is 8.24. The number of carbonyl (C=O) groups excluding carboxylic acids is 1. The third-order valence-corrected chi connectivity index (χ3v) is 5.36. The van der Waals surface area contributed by atoms with Crippen LogP contribution in [0.4, 0.5) is 5.82 Å². The van der Waals surface area contributed by atoms with Crippen LogP contribution >= 0.6 is 0 Å². The fraction of sp³-hybridized carbons (Fsp3) is 0.625. The molecule has 2 aromatic heterocycles. The number of nitrogens with zero attached hydrogens (tertiary/aromatic N) is 4. The van der Waals surface area contributed by atoms with Crippen LogP contribution in [0.2, 0.25) is 0 Å². The molecule has 0 radical (unpaired) electrons. The number of aromatic nitrogens is 3. The zero-order chi connectivity index (χ0) is 24.8. The number of aliphatic hydroxyl groups is 1. The standard InChI is InChI=1S/C20H29N5O3.C4H10O/c1-5-10-28-20(3)6-8-24(9-7-20)19-16(12-18(26)27-4)14(2)22-17-11-15(13-21)23-25(17)19;1-4(2,3)5/h5,11H,1,6-10,12-13,21H2,2-4H3;5H,1-3H3. The number of aryl methyl sites for hydroxylation is 1. The molecule has 0 bridgehead atoms. The molecule has 184 valence electrons. The van der Waals surface area contributed by atoms with Gasteiger partial charge in [0, 0.05) is 37.0 Å². The predicted octanol–water partition coefficient (Wildman–Crippen LogP) is 2.55. The number of ether oxygens (including phenoxy) is 2. The van der Waals surface area contributed by atoms with Crippen LogP contribution in [-0.4, -0.2) is 63.7 Å². The van der Waals surface area contributed by atoms with Crippen molar-refractivity contribution in [2.45, 2.75) is 71.6 Å². The Morgan fingerprint density at radius 3 is 2.48 bits per heavy atom. The van der Waals surface area contributed by atoms with Gasteiger partial charge in [-0.2, -0.15) is 9.61 Å². The molecule has 1 aliphatic rings. The van der Waals surface area contributed by atoms with E-state index in [1.807, 2.05) is 13.0 Å². The van der Waals surface area contributed by atoms with Gasteiger partial charge in [-0.3, -0.25) is 4.79 Å². The van der Waals surface area contributed by atoms with Gasteiger partial charge in [-0.1, -0.05) is 6.08 Å². The average Bonchev–Trinajstić information content (AvgIpc) is 3.15. The van der Waals surface area contributed by atoms with Crippen LogP contribution in [-0.2, 0) is 27.2 Å². The summed E-state index contributed by atoms with van der Waals surface area (Å²) in [5, 5.41) is 13.1. The van der Waals surface area contributed by atoms with Crippen LogP contribution in [0.15, 0.2) is 18.7 Å². The lowest BCUT2D eigenvalue weighted by molar-refractivity contribution is -0.139. The van der Waals surface area contributed by atoms with Crippen molar-refractivity contribution in [3.8, 4) is 0 Å². The van der Waals surface area contributed by atoms with E-state index in [-0.39, 0.29) is 18.0 Å². The molecule has 2 aromatic rings. The van der Waals surface area contributed by atoms with Gasteiger partial charge < -0.3 is 25.2 Å². The van der Waals surface area contributed by atoms with Gasteiger partial charge in [0.25, 0.3) is 0 Å². The minimum absolute atomic E-state index is 0.152. The van der Waals surface area contributed by atoms with E-state index >= 15 is 0 Å². The lowest BCUT2D eigenvalue weighted by atomic mass is 9.93. The van der Waals surface area contributed by atoms with E-state index in [0.717, 1.165) is 54.3 Å². The zero-order valence-corrected chi connectivity index (χ0v) is 20.8. The van der Waals surface area contributed by atoms with Crippen molar-refractivity contribution in [1.82, 2.24) is 14.6 Å². The van der Waals surface area contributed by atoms with Gasteiger partial charge in [0.2, 0.25) is 0 Å². The lowest BCUT2D eigenvalue weighted by Crippen LogP contribution is -2.45. The summed E-state index contributed by atoms with van der Waals surface area (Å²) >= 11 is 0. The molecule has 0 aliphatic carbocycles. The molecule has 0 saturated carbocycles. The minimum atomic E-state index is -0.500. The van der Waals surface area contributed by atoms with Crippen molar-refractivity contribution >= 4 is 17.4 Å². The van der Waals surface area contributed by atoms with Gasteiger partial charge in [-0.25, -0.2) is 4.98 Å². The molecule has 1 fully saturated rings. The molecule has 0 atom stereocenters. The first-order chi connectivity index (χ1) is 15.4. The van der Waals surface area contributed by atoms with Crippen LogP contribution in [0.1, 0.15) is 57.5 Å². The van der Waals surface area contributed by atoms with Crippen LogP contribution < -0.4 is 10.6 Å². The van der Waals surface area contributed by atoms with E-state index in [1.54, 1.807) is 31.4 Å². The van der Waals surface area contributed by atoms with Gasteiger partial charge in [-0.05, 0) is 47.5 Å². The number of anilines is 1. The summed E-state index contributed by atoms with van der Waals surface area (Å²) in [6.45, 7) is 15.5. The lowest BCUT2D eigenvalue weighted by Gasteiger charge is -2.40. The highest BCUT2D eigenvalue weighted by molar-refractivity contribution is 5.76. The Labute approximate surface area is 196 Å². The Bertz CT molecular complexity index is 950. The molecule has 3 rings (SSSR count). The molecule has 3 heterocycles. The van der Waals surface area contributed by atoms with Crippen LogP contribution in [0.25, 0.3) is 5.65 Å². The van der Waals surface area contributed by atoms with E-state index in [2.05, 4.69) is 28.5 Å². The maximum Gasteiger partial charge on any atom is 0.310 e. The molecule has 9 nitrogen and oxygen atoms in total. The summed E-state index contributed by atoms with van der Waals surface area (Å²) in [6, 6.07) is 1.89. The largest absolute Gasteiger partial charge is 0.469 e. The molecule has 33 heavy (non-hydrogen) atoms. The fourth-order valence-corrected chi connectivity index (χ4v) is 3.63. The molecule has 1 saturated heterocycles. The number of fused-ring (bicyclic) bond motifs is 1. The summed E-state index contributed by atoms with van der Waals surface area (Å²) < 4.78 is 12.7. The molecule has 9 heteroatoms. The van der Waals surface area contributed by atoms with E-state index in [9.17, 15) is 4.79 Å². The van der Waals surface area contributed by atoms with Crippen molar-refractivity contribution < 1.29 is 19.4 Å². The molecule has 3 N–H and O–H groups in total. The Kier molecular flexibility index (Phi) is 8.99. The number of carbonyl (C=O) groups is 1. The smallest absolute Gasteiger partial charge is 0.310 e. The topological polar surface area (TPSA) is 115 Å². The Morgan fingerprint density at radius 2 is 1.97 bits per heavy atom. The van der Waals surface area contributed by atoms with E-state index in [4.69, 9.17) is 20.3 Å². The molecular formula is C24H39N5O4. The Balaban J connectivity index is 0.000000696. The Hall–Kier alpha value is -2.49. The minimum Gasteiger partial charge on any atom is -0.469 e. The normalized spacial score (nSPS) is 15.7. The second-order valence-corrected chi connectivity index (χ2v) is 9.57. The van der Waals surface area contributed by atoms with Crippen molar-refractivity contribution in [3.05, 3.63) is 35.7 Å². The first kappa shape index (κ1) is 26.8. The highest BCUT2D eigenvalue weighted by atomic mass is 16.5. The van der Waals surface area contributed by atoms with E-state index in [1.165, 1.54) is 7.11 Å². The maximum absolute atomic E-state index is 12.0. The van der Waals surface area contributed by atoms with E-state index in [0.29, 0.717) is 13.2 Å². The first-order valence-electron chi connectivity index (χ1n) is 11.3. The van der Waals surface area contributed by atoms with Crippen molar-refractivity contribution in [2.75, 3.05) is 31.7 Å². The number of piperidine rings is 1. The number of rotatable bonds is 7. The number of hydrogen-bond acceptors (Lipinski definition) is 8. The second-order valence-electron chi connectivity index (χ2n) is 9.57. The van der Waals surface area contributed by atoms with Crippen molar-refractivity contribution in [1.29, 1.82) is 0 Å². The predicted molar refractivity (Wildman–Crippen MR) is 129 cm³/mol. The van der Waals surface area contributed by atoms with Gasteiger partial charge in [0.15, 0.2) is 5.65 Å².